The van der Waals surface area contributed by atoms with Gasteiger partial charge in [0.1, 0.15) is 11.8 Å². The van der Waals surface area contributed by atoms with Crippen LogP contribution in [0, 0.1) is 11.3 Å². The second kappa shape index (κ2) is 5.30. The van der Waals surface area contributed by atoms with Gasteiger partial charge in [0.05, 0.1) is 10.6 Å². The summed E-state index contributed by atoms with van der Waals surface area (Å²) in [6.07, 6.45) is 1.54. The second-order valence-corrected chi connectivity index (χ2v) is 3.88. The van der Waals surface area contributed by atoms with E-state index in [1.165, 1.54) is 6.07 Å². The Morgan fingerprint density at radius 2 is 2.17 bits per heavy atom. The van der Waals surface area contributed by atoms with E-state index in [1.807, 2.05) is 6.07 Å². The van der Waals surface area contributed by atoms with Gasteiger partial charge < -0.3 is 5.32 Å². The smallest absolute Gasteiger partial charge is 0.274 e. The molecule has 0 saturated heterocycles. The van der Waals surface area contributed by atoms with Crippen LogP contribution < -0.4 is 5.32 Å². The van der Waals surface area contributed by atoms with Crippen LogP contribution in [-0.2, 0) is 0 Å². The lowest BCUT2D eigenvalue weighted by Gasteiger charge is -2.05. The second-order valence-electron chi connectivity index (χ2n) is 3.48. The Hall–Kier alpha value is -2.38. The van der Waals surface area contributed by atoms with Gasteiger partial charge in [0.25, 0.3) is 5.91 Å². The minimum Gasteiger partial charge on any atom is -0.321 e. The maximum Gasteiger partial charge on any atom is 0.274 e. The van der Waals surface area contributed by atoms with Gasteiger partial charge in [0, 0.05) is 11.9 Å². The molecule has 2 rings (SSSR count). The monoisotopic (exact) mass is 257 g/mol. The van der Waals surface area contributed by atoms with Crippen LogP contribution in [0.15, 0.2) is 42.6 Å². The molecule has 1 amide bonds. The first-order valence-corrected chi connectivity index (χ1v) is 5.50. The molecule has 0 saturated carbocycles. The molecule has 18 heavy (non-hydrogen) atoms. The number of nitrogens with one attached hydrogen (secondary N) is 1. The average Bonchev–Trinajstić information content (AvgIpc) is 2.40. The van der Waals surface area contributed by atoms with Gasteiger partial charge in [0.15, 0.2) is 0 Å². The van der Waals surface area contributed by atoms with Crippen LogP contribution in [0.25, 0.3) is 0 Å². The Kier molecular flexibility index (Phi) is 3.56. The highest BCUT2D eigenvalue weighted by Gasteiger charge is 2.08. The molecular weight excluding hydrogens is 250 g/mol. The Labute approximate surface area is 109 Å². The first-order chi connectivity index (χ1) is 8.70. The molecule has 0 aliphatic rings. The van der Waals surface area contributed by atoms with Crippen molar-refractivity contribution in [3.05, 3.63) is 58.9 Å². The summed E-state index contributed by atoms with van der Waals surface area (Å²) in [6, 6.07) is 11.7. The number of benzene rings is 1. The maximum atomic E-state index is 11.8. The molecule has 0 aliphatic carbocycles. The molecule has 4 nitrogen and oxygen atoms in total. The molecule has 0 radical (unpaired) electrons. The number of halogens is 1. The van der Waals surface area contributed by atoms with Crippen LogP contribution in [0.2, 0.25) is 5.02 Å². The van der Waals surface area contributed by atoms with Crippen LogP contribution in [0.1, 0.15) is 16.1 Å². The molecule has 1 heterocycles. The van der Waals surface area contributed by atoms with E-state index < -0.39 is 0 Å². The summed E-state index contributed by atoms with van der Waals surface area (Å²) >= 11 is 5.87. The predicted molar refractivity (Wildman–Crippen MR) is 68.4 cm³/mol. The van der Waals surface area contributed by atoms with Crippen LogP contribution in [0.5, 0.6) is 0 Å². The van der Waals surface area contributed by atoms with E-state index in [-0.39, 0.29) is 5.91 Å². The molecule has 0 aliphatic heterocycles. The summed E-state index contributed by atoms with van der Waals surface area (Å²) in [5, 5.41) is 11.7. The highest BCUT2D eigenvalue weighted by atomic mass is 35.5. The fourth-order valence-electron chi connectivity index (χ4n) is 1.38. The zero-order valence-corrected chi connectivity index (χ0v) is 9.98. The number of hydrogen-bond donors (Lipinski definition) is 1. The molecule has 0 spiro atoms. The summed E-state index contributed by atoms with van der Waals surface area (Å²) in [6.45, 7) is 0. The van der Waals surface area contributed by atoms with E-state index >= 15 is 0 Å². The number of rotatable bonds is 2. The number of amides is 1. The Morgan fingerprint density at radius 3 is 2.78 bits per heavy atom. The van der Waals surface area contributed by atoms with Crippen molar-refractivity contribution >= 4 is 23.2 Å². The summed E-state index contributed by atoms with van der Waals surface area (Å²) in [7, 11) is 0. The zero-order valence-electron chi connectivity index (χ0n) is 9.22. The molecule has 0 fully saturated rings. The van der Waals surface area contributed by atoms with Crippen molar-refractivity contribution in [2.75, 3.05) is 5.32 Å². The van der Waals surface area contributed by atoms with Gasteiger partial charge in [0.2, 0.25) is 0 Å². The van der Waals surface area contributed by atoms with E-state index in [1.54, 1.807) is 36.5 Å². The van der Waals surface area contributed by atoms with Gasteiger partial charge in [-0.15, -0.1) is 0 Å². The highest BCUT2D eigenvalue weighted by molar-refractivity contribution is 6.32. The fraction of sp³-hybridized carbons (Fsp3) is 0. The van der Waals surface area contributed by atoms with Gasteiger partial charge in [-0.3, -0.25) is 9.78 Å². The molecule has 0 unspecified atom stereocenters. The summed E-state index contributed by atoms with van der Waals surface area (Å²) < 4.78 is 0. The topological polar surface area (TPSA) is 65.8 Å². The first kappa shape index (κ1) is 12.1. The third-order valence-electron chi connectivity index (χ3n) is 2.24. The van der Waals surface area contributed by atoms with Crippen molar-refractivity contribution in [1.29, 1.82) is 5.26 Å². The van der Waals surface area contributed by atoms with E-state index in [9.17, 15) is 4.79 Å². The van der Waals surface area contributed by atoms with E-state index in [0.717, 1.165) is 0 Å². The number of carbonyl (C=O) groups is 1. The summed E-state index contributed by atoms with van der Waals surface area (Å²) in [5.74, 6) is -0.323. The van der Waals surface area contributed by atoms with Crippen LogP contribution in [0.4, 0.5) is 5.69 Å². The fourth-order valence-corrected chi connectivity index (χ4v) is 1.60. The lowest BCUT2D eigenvalue weighted by atomic mass is 10.2. The molecule has 88 valence electrons. The van der Waals surface area contributed by atoms with E-state index in [4.69, 9.17) is 16.9 Å². The first-order valence-electron chi connectivity index (χ1n) is 5.13. The molecule has 0 bridgehead atoms. The number of pyridine rings is 1. The van der Waals surface area contributed by atoms with Gasteiger partial charge in [-0.1, -0.05) is 17.7 Å². The predicted octanol–water partition coefficient (Wildman–Crippen LogP) is 2.86. The maximum absolute atomic E-state index is 11.8. The van der Waals surface area contributed by atoms with Crippen molar-refractivity contribution in [1.82, 2.24) is 4.98 Å². The minimum absolute atomic E-state index is 0.302. The van der Waals surface area contributed by atoms with E-state index in [0.29, 0.717) is 22.0 Å². The summed E-state index contributed by atoms with van der Waals surface area (Å²) in [4.78, 5) is 15.7. The van der Waals surface area contributed by atoms with Gasteiger partial charge in [-0.05, 0) is 30.3 Å². The van der Waals surface area contributed by atoms with Crippen LogP contribution in [-0.4, -0.2) is 10.9 Å². The molecule has 1 aromatic heterocycles. The number of nitrogens with zero attached hydrogens (tertiary/aromatic N) is 2. The summed E-state index contributed by atoms with van der Waals surface area (Å²) in [5.41, 5.74) is 1.21. The van der Waals surface area contributed by atoms with Crippen molar-refractivity contribution < 1.29 is 4.79 Å². The third kappa shape index (κ3) is 2.65. The quantitative estimate of drug-likeness (QED) is 0.900. The zero-order chi connectivity index (χ0) is 13.0. The van der Waals surface area contributed by atoms with Crippen LogP contribution in [0.3, 0.4) is 0 Å². The number of aromatic nitrogens is 1. The molecule has 0 atom stereocenters. The molecule has 5 heteroatoms. The number of carbonyl (C=O) groups excluding carboxylic acids is 1. The molecule has 1 aromatic carbocycles. The van der Waals surface area contributed by atoms with Gasteiger partial charge in [-0.25, -0.2) is 0 Å². The van der Waals surface area contributed by atoms with Crippen molar-refractivity contribution in [3.63, 3.8) is 0 Å². The largest absolute Gasteiger partial charge is 0.321 e. The normalized spacial score (nSPS) is 9.56. The number of hydrogen-bond acceptors (Lipinski definition) is 3. The highest BCUT2D eigenvalue weighted by Crippen LogP contribution is 2.20. The Balaban J connectivity index is 2.18. The van der Waals surface area contributed by atoms with Crippen molar-refractivity contribution in [3.8, 4) is 6.07 Å². The number of nitriles is 1. The number of anilines is 1. The van der Waals surface area contributed by atoms with Gasteiger partial charge in [-0.2, -0.15) is 5.26 Å². The van der Waals surface area contributed by atoms with Crippen molar-refractivity contribution in [2.45, 2.75) is 0 Å². The van der Waals surface area contributed by atoms with Gasteiger partial charge >= 0.3 is 0 Å². The minimum atomic E-state index is -0.323. The lowest BCUT2D eigenvalue weighted by Crippen LogP contribution is -2.13. The van der Waals surface area contributed by atoms with Crippen LogP contribution >= 0.6 is 11.6 Å². The molecule has 2 aromatic rings. The molecule has 1 N–H and O–H groups in total. The SMILES string of the molecule is N#Cc1ccc(NC(=O)c2ccccn2)cc1Cl. The lowest BCUT2D eigenvalue weighted by molar-refractivity contribution is 0.102. The standard InChI is InChI=1S/C13H8ClN3O/c14-11-7-10(5-4-9(11)8-15)17-13(18)12-3-1-2-6-16-12/h1-7H,(H,17,18). The Morgan fingerprint density at radius 1 is 1.33 bits per heavy atom. The van der Waals surface area contributed by atoms with Crippen molar-refractivity contribution in [2.24, 2.45) is 0 Å². The Bertz CT molecular complexity index is 620. The third-order valence-corrected chi connectivity index (χ3v) is 2.56. The van der Waals surface area contributed by atoms with E-state index in [2.05, 4.69) is 10.3 Å². The average molecular weight is 258 g/mol. The molecular formula is C13H8ClN3O.